The van der Waals surface area contributed by atoms with Crippen LogP contribution in [0.4, 0.5) is 5.69 Å². The first kappa shape index (κ1) is 14.4. The van der Waals surface area contributed by atoms with E-state index in [2.05, 4.69) is 4.72 Å². The molecule has 0 saturated heterocycles. The summed E-state index contributed by atoms with van der Waals surface area (Å²) in [5, 5.41) is 0. The van der Waals surface area contributed by atoms with E-state index in [1.807, 2.05) is 31.2 Å². The number of anilines is 1. The van der Waals surface area contributed by atoms with Crippen LogP contribution in [0.15, 0.2) is 48.5 Å². The highest BCUT2D eigenvalue weighted by Gasteiger charge is 2.12. The molecule has 0 aliphatic rings. The van der Waals surface area contributed by atoms with E-state index < -0.39 is 10.0 Å². The van der Waals surface area contributed by atoms with E-state index in [4.69, 9.17) is 4.74 Å². The maximum absolute atomic E-state index is 11.7. The Balaban J connectivity index is 2.32. The van der Waals surface area contributed by atoms with Gasteiger partial charge in [0.2, 0.25) is 10.0 Å². The standard InChI is InChI=1S/C15H17NO3S/c1-3-20(17,18)16-13-9-5-7-11-15(13)19-14-10-6-4-8-12(14)2/h4-11,16H,3H2,1-2H3. The summed E-state index contributed by atoms with van der Waals surface area (Å²) in [5.74, 6) is 1.21. The maximum Gasteiger partial charge on any atom is 0.232 e. The Morgan fingerprint density at radius 3 is 2.25 bits per heavy atom. The molecule has 0 amide bonds. The monoisotopic (exact) mass is 291 g/mol. The number of hydrogen-bond donors (Lipinski definition) is 1. The molecule has 2 rings (SSSR count). The Labute approximate surface area is 119 Å². The topological polar surface area (TPSA) is 55.4 Å². The number of rotatable bonds is 5. The molecule has 0 heterocycles. The largest absolute Gasteiger partial charge is 0.455 e. The van der Waals surface area contributed by atoms with Crippen molar-refractivity contribution in [3.05, 3.63) is 54.1 Å². The predicted molar refractivity (Wildman–Crippen MR) is 80.8 cm³/mol. The second kappa shape index (κ2) is 5.96. The van der Waals surface area contributed by atoms with E-state index >= 15 is 0 Å². The lowest BCUT2D eigenvalue weighted by Crippen LogP contribution is -2.15. The van der Waals surface area contributed by atoms with Gasteiger partial charge in [-0.05, 0) is 37.6 Å². The molecule has 0 aliphatic carbocycles. The van der Waals surface area contributed by atoms with Crippen LogP contribution in [0.1, 0.15) is 12.5 Å². The minimum atomic E-state index is -3.33. The summed E-state index contributed by atoms with van der Waals surface area (Å²) in [4.78, 5) is 0. The first-order valence-electron chi connectivity index (χ1n) is 6.35. The lowest BCUT2D eigenvalue weighted by Gasteiger charge is -2.13. The number of nitrogens with one attached hydrogen (secondary N) is 1. The van der Waals surface area contributed by atoms with Gasteiger partial charge in [0, 0.05) is 0 Å². The summed E-state index contributed by atoms with van der Waals surface area (Å²) in [6, 6.07) is 14.6. The van der Waals surface area contributed by atoms with Gasteiger partial charge in [0.1, 0.15) is 5.75 Å². The van der Waals surface area contributed by atoms with Gasteiger partial charge in [-0.3, -0.25) is 4.72 Å². The molecular formula is C15H17NO3S. The van der Waals surface area contributed by atoms with Gasteiger partial charge in [0.25, 0.3) is 0 Å². The van der Waals surface area contributed by atoms with Crippen molar-refractivity contribution in [1.29, 1.82) is 0 Å². The van der Waals surface area contributed by atoms with Crippen LogP contribution >= 0.6 is 0 Å². The molecule has 20 heavy (non-hydrogen) atoms. The van der Waals surface area contributed by atoms with Gasteiger partial charge >= 0.3 is 0 Å². The molecule has 2 aromatic rings. The molecule has 0 spiro atoms. The first-order chi connectivity index (χ1) is 9.52. The smallest absolute Gasteiger partial charge is 0.232 e. The van der Waals surface area contributed by atoms with Gasteiger partial charge in [0.15, 0.2) is 5.75 Å². The lowest BCUT2D eigenvalue weighted by molar-refractivity contribution is 0.481. The quantitative estimate of drug-likeness (QED) is 0.916. The van der Waals surface area contributed by atoms with Gasteiger partial charge in [-0.25, -0.2) is 8.42 Å². The Kier molecular flexibility index (Phi) is 4.29. The second-order valence-corrected chi connectivity index (χ2v) is 6.38. The minimum absolute atomic E-state index is 0.0195. The summed E-state index contributed by atoms with van der Waals surface area (Å²) in [5.41, 5.74) is 1.43. The predicted octanol–water partition coefficient (Wildman–Crippen LogP) is 3.55. The molecule has 0 radical (unpaired) electrons. The van der Waals surface area contributed by atoms with Crippen molar-refractivity contribution in [2.24, 2.45) is 0 Å². The molecule has 0 bridgehead atoms. The Bertz CT molecular complexity index is 696. The average Bonchev–Trinajstić information content (AvgIpc) is 2.43. The highest BCUT2D eigenvalue weighted by atomic mass is 32.2. The van der Waals surface area contributed by atoms with Crippen LogP contribution in [-0.2, 0) is 10.0 Å². The van der Waals surface area contributed by atoms with E-state index in [-0.39, 0.29) is 5.75 Å². The zero-order valence-electron chi connectivity index (χ0n) is 11.5. The molecule has 2 aromatic carbocycles. The van der Waals surface area contributed by atoms with Gasteiger partial charge in [-0.15, -0.1) is 0 Å². The molecule has 0 aliphatic heterocycles. The van der Waals surface area contributed by atoms with Crippen LogP contribution in [0.3, 0.4) is 0 Å². The van der Waals surface area contributed by atoms with E-state index in [0.717, 1.165) is 5.56 Å². The van der Waals surface area contributed by atoms with Crippen LogP contribution in [0.2, 0.25) is 0 Å². The first-order valence-corrected chi connectivity index (χ1v) is 8.00. The van der Waals surface area contributed by atoms with Crippen molar-refractivity contribution < 1.29 is 13.2 Å². The fraction of sp³-hybridized carbons (Fsp3) is 0.200. The summed E-state index contributed by atoms with van der Waals surface area (Å²) in [6.45, 7) is 3.53. The maximum atomic E-state index is 11.7. The molecule has 0 unspecified atom stereocenters. The van der Waals surface area contributed by atoms with Gasteiger partial charge in [-0.2, -0.15) is 0 Å². The van der Waals surface area contributed by atoms with Gasteiger partial charge in [0.05, 0.1) is 11.4 Å². The van der Waals surface area contributed by atoms with Crippen molar-refractivity contribution in [2.75, 3.05) is 10.5 Å². The van der Waals surface area contributed by atoms with E-state index in [9.17, 15) is 8.42 Å². The number of hydrogen-bond acceptors (Lipinski definition) is 3. The third-order valence-electron chi connectivity index (χ3n) is 2.85. The summed E-state index contributed by atoms with van der Waals surface area (Å²) < 4.78 is 31.7. The summed E-state index contributed by atoms with van der Waals surface area (Å²) in [7, 11) is -3.33. The molecule has 1 N–H and O–H groups in total. The second-order valence-electron chi connectivity index (χ2n) is 4.37. The van der Waals surface area contributed by atoms with Crippen molar-refractivity contribution in [3.8, 4) is 11.5 Å². The van der Waals surface area contributed by atoms with Crippen LogP contribution in [0, 0.1) is 6.92 Å². The molecule has 0 saturated carbocycles. The van der Waals surface area contributed by atoms with Crippen molar-refractivity contribution in [2.45, 2.75) is 13.8 Å². The van der Waals surface area contributed by atoms with E-state index in [0.29, 0.717) is 17.2 Å². The van der Waals surface area contributed by atoms with Crippen molar-refractivity contribution >= 4 is 15.7 Å². The number of aryl methyl sites for hydroxylation is 1. The van der Waals surface area contributed by atoms with Gasteiger partial charge < -0.3 is 4.74 Å². The number of benzene rings is 2. The Morgan fingerprint density at radius 1 is 1.00 bits per heavy atom. The highest BCUT2D eigenvalue weighted by molar-refractivity contribution is 7.92. The van der Waals surface area contributed by atoms with Crippen LogP contribution in [-0.4, -0.2) is 14.2 Å². The lowest BCUT2D eigenvalue weighted by atomic mass is 10.2. The molecule has 0 atom stereocenters. The zero-order valence-corrected chi connectivity index (χ0v) is 12.3. The Morgan fingerprint density at radius 2 is 1.60 bits per heavy atom. The Hall–Kier alpha value is -2.01. The van der Waals surface area contributed by atoms with Crippen molar-refractivity contribution in [1.82, 2.24) is 0 Å². The minimum Gasteiger partial charge on any atom is -0.455 e. The van der Waals surface area contributed by atoms with Crippen LogP contribution in [0.5, 0.6) is 11.5 Å². The van der Waals surface area contributed by atoms with Gasteiger partial charge in [-0.1, -0.05) is 30.3 Å². The van der Waals surface area contributed by atoms with Crippen LogP contribution in [0.25, 0.3) is 0 Å². The number of ether oxygens (including phenoxy) is 1. The number of sulfonamides is 1. The third kappa shape index (κ3) is 3.51. The highest BCUT2D eigenvalue weighted by Crippen LogP contribution is 2.31. The van der Waals surface area contributed by atoms with Crippen LogP contribution < -0.4 is 9.46 Å². The average molecular weight is 291 g/mol. The zero-order chi connectivity index (χ0) is 14.6. The van der Waals surface area contributed by atoms with Crippen molar-refractivity contribution in [3.63, 3.8) is 0 Å². The fourth-order valence-corrected chi connectivity index (χ4v) is 2.32. The SMILES string of the molecule is CCS(=O)(=O)Nc1ccccc1Oc1ccccc1C. The molecule has 0 aromatic heterocycles. The van der Waals surface area contributed by atoms with E-state index in [1.54, 1.807) is 31.2 Å². The molecule has 4 nitrogen and oxygen atoms in total. The summed E-state index contributed by atoms with van der Waals surface area (Å²) >= 11 is 0. The molecular weight excluding hydrogens is 274 g/mol. The third-order valence-corrected chi connectivity index (χ3v) is 4.14. The number of para-hydroxylation sites is 3. The summed E-state index contributed by atoms with van der Waals surface area (Å²) in [6.07, 6.45) is 0. The molecule has 5 heteroatoms. The molecule has 0 fully saturated rings. The fourth-order valence-electron chi connectivity index (χ4n) is 1.67. The molecule has 106 valence electrons. The van der Waals surface area contributed by atoms with E-state index in [1.165, 1.54) is 0 Å². The normalized spacial score (nSPS) is 11.1.